The monoisotopic (exact) mass is 258 g/mol. The molecule has 6 heteroatoms. The van der Waals surface area contributed by atoms with Gasteiger partial charge in [0.15, 0.2) is 0 Å². The second-order valence-electron chi connectivity index (χ2n) is 4.85. The number of ether oxygens (including phenoxy) is 1. The van der Waals surface area contributed by atoms with Crippen LogP contribution in [-0.2, 0) is 9.57 Å². The van der Waals surface area contributed by atoms with Crippen LogP contribution in [0.3, 0.4) is 0 Å². The van der Waals surface area contributed by atoms with Gasteiger partial charge in [0, 0.05) is 30.3 Å². The van der Waals surface area contributed by atoms with Crippen LogP contribution in [0.5, 0.6) is 0 Å². The molecule has 3 fully saturated rings. The molecular formula is C11H18N2O3S. The molecule has 0 spiro atoms. The van der Waals surface area contributed by atoms with Crippen LogP contribution in [0.25, 0.3) is 0 Å². The Bertz CT molecular complexity index is 315. The van der Waals surface area contributed by atoms with Crippen LogP contribution in [0.15, 0.2) is 0 Å². The van der Waals surface area contributed by atoms with Crippen molar-refractivity contribution in [3.8, 4) is 0 Å². The van der Waals surface area contributed by atoms with Crippen LogP contribution in [0.1, 0.15) is 13.3 Å². The summed E-state index contributed by atoms with van der Waals surface area (Å²) in [5.74, 6) is 3.07. The van der Waals surface area contributed by atoms with E-state index < -0.39 is 6.16 Å². The third-order valence-electron chi connectivity index (χ3n) is 3.86. The van der Waals surface area contributed by atoms with Gasteiger partial charge in [-0.25, -0.2) is 4.79 Å². The molecule has 3 rings (SSSR count). The van der Waals surface area contributed by atoms with Crippen molar-refractivity contribution in [3.05, 3.63) is 0 Å². The topological polar surface area (TPSA) is 42.0 Å². The maximum atomic E-state index is 11.2. The largest absolute Gasteiger partial charge is 0.527 e. The first-order valence-corrected chi connectivity index (χ1v) is 7.36. The van der Waals surface area contributed by atoms with Crippen molar-refractivity contribution in [1.29, 1.82) is 0 Å². The Morgan fingerprint density at radius 3 is 3.18 bits per heavy atom. The number of carbonyl (C=O) groups is 1. The maximum Gasteiger partial charge on any atom is 0.527 e. The van der Waals surface area contributed by atoms with E-state index in [0.29, 0.717) is 18.6 Å². The zero-order valence-corrected chi connectivity index (χ0v) is 10.8. The zero-order valence-electron chi connectivity index (χ0n) is 10.0. The second-order valence-corrected chi connectivity index (χ2v) is 5.85. The Morgan fingerprint density at radius 1 is 1.47 bits per heavy atom. The smallest absolute Gasteiger partial charge is 0.433 e. The van der Waals surface area contributed by atoms with E-state index in [0.717, 1.165) is 25.0 Å². The molecule has 3 saturated heterocycles. The van der Waals surface area contributed by atoms with Gasteiger partial charge in [0.1, 0.15) is 0 Å². The number of hydrogen-bond acceptors (Lipinski definition) is 6. The van der Waals surface area contributed by atoms with Gasteiger partial charge in [-0.2, -0.15) is 0 Å². The predicted octanol–water partition coefficient (Wildman–Crippen LogP) is 1.15. The molecule has 3 atom stereocenters. The van der Waals surface area contributed by atoms with Crippen LogP contribution in [0.4, 0.5) is 4.79 Å². The lowest BCUT2D eigenvalue weighted by Crippen LogP contribution is -2.37. The van der Waals surface area contributed by atoms with Gasteiger partial charge in [-0.1, -0.05) is 0 Å². The minimum atomic E-state index is -0.570. The van der Waals surface area contributed by atoms with Gasteiger partial charge in [0.25, 0.3) is 0 Å². The normalized spacial score (nSPS) is 36.9. The number of hydroxylamine groups is 2. The average molecular weight is 258 g/mol. The summed E-state index contributed by atoms with van der Waals surface area (Å²) in [7, 11) is 0. The molecule has 3 unspecified atom stereocenters. The number of nitrogens with zero attached hydrogens (tertiary/aromatic N) is 2. The van der Waals surface area contributed by atoms with Gasteiger partial charge in [-0.3, -0.25) is 4.90 Å². The molecule has 96 valence electrons. The van der Waals surface area contributed by atoms with Crippen molar-refractivity contribution in [2.75, 3.05) is 31.3 Å². The molecule has 0 amide bonds. The maximum absolute atomic E-state index is 11.2. The molecule has 0 aliphatic carbocycles. The first kappa shape index (κ1) is 11.6. The molecular weight excluding hydrogens is 240 g/mol. The highest BCUT2D eigenvalue weighted by atomic mass is 32.2. The summed E-state index contributed by atoms with van der Waals surface area (Å²) >= 11 is 2.01. The summed E-state index contributed by atoms with van der Waals surface area (Å²) in [6, 6.07) is 1.34. The Morgan fingerprint density at radius 2 is 2.35 bits per heavy atom. The predicted molar refractivity (Wildman–Crippen MR) is 64.5 cm³/mol. The first-order valence-electron chi connectivity index (χ1n) is 6.21. The summed E-state index contributed by atoms with van der Waals surface area (Å²) in [4.78, 5) is 19.0. The lowest BCUT2D eigenvalue weighted by atomic mass is 10.0. The number of thioether (sulfide) groups is 1. The van der Waals surface area contributed by atoms with Gasteiger partial charge in [-0.15, -0.1) is 16.8 Å². The molecule has 3 aliphatic rings. The molecule has 0 aromatic rings. The third-order valence-corrected chi connectivity index (χ3v) is 4.96. The Balaban J connectivity index is 1.55. The van der Waals surface area contributed by atoms with Crippen LogP contribution in [0.2, 0.25) is 0 Å². The number of rotatable bonds is 2. The summed E-state index contributed by atoms with van der Waals surface area (Å²) in [5.41, 5.74) is 0. The van der Waals surface area contributed by atoms with E-state index in [9.17, 15) is 4.79 Å². The molecule has 17 heavy (non-hydrogen) atoms. The Labute approximate surface area is 105 Å². The summed E-state index contributed by atoms with van der Waals surface area (Å²) in [6.07, 6.45) is 0.681. The zero-order chi connectivity index (χ0) is 11.8. The number of fused-ring (bicyclic) bond motifs is 3. The summed E-state index contributed by atoms with van der Waals surface area (Å²) < 4.78 is 4.79. The lowest BCUT2D eigenvalue weighted by molar-refractivity contribution is -0.118. The van der Waals surface area contributed by atoms with E-state index in [1.165, 1.54) is 12.2 Å². The van der Waals surface area contributed by atoms with Crippen LogP contribution < -0.4 is 0 Å². The molecule has 3 aliphatic heterocycles. The van der Waals surface area contributed by atoms with Crippen LogP contribution in [-0.4, -0.2) is 59.5 Å². The molecule has 5 nitrogen and oxygen atoms in total. The van der Waals surface area contributed by atoms with E-state index in [1.54, 1.807) is 12.0 Å². The lowest BCUT2D eigenvalue weighted by Gasteiger charge is -2.22. The van der Waals surface area contributed by atoms with E-state index in [-0.39, 0.29) is 0 Å². The summed E-state index contributed by atoms with van der Waals surface area (Å²) in [5, 5.41) is 1.77. The van der Waals surface area contributed by atoms with Gasteiger partial charge >= 0.3 is 6.16 Å². The van der Waals surface area contributed by atoms with Crippen LogP contribution in [0, 0.1) is 5.92 Å². The van der Waals surface area contributed by atoms with Gasteiger partial charge in [-0.05, 0) is 19.3 Å². The molecule has 3 heterocycles. The highest BCUT2D eigenvalue weighted by Crippen LogP contribution is 2.41. The minimum Gasteiger partial charge on any atom is -0.433 e. The minimum absolute atomic E-state index is 0.365. The van der Waals surface area contributed by atoms with Crippen molar-refractivity contribution in [2.45, 2.75) is 25.4 Å². The van der Waals surface area contributed by atoms with Crippen molar-refractivity contribution < 1.29 is 14.4 Å². The first-order chi connectivity index (χ1) is 8.28. The third kappa shape index (κ3) is 2.13. The van der Waals surface area contributed by atoms with E-state index in [4.69, 9.17) is 9.57 Å². The molecule has 0 aromatic heterocycles. The fourth-order valence-electron chi connectivity index (χ4n) is 3.16. The van der Waals surface area contributed by atoms with Gasteiger partial charge < -0.3 is 9.57 Å². The van der Waals surface area contributed by atoms with Gasteiger partial charge in [0.2, 0.25) is 0 Å². The molecule has 0 aromatic carbocycles. The molecule has 0 radical (unpaired) electrons. The van der Waals surface area contributed by atoms with Gasteiger partial charge in [0.05, 0.1) is 13.2 Å². The quantitative estimate of drug-likeness (QED) is 0.692. The summed E-state index contributed by atoms with van der Waals surface area (Å²) in [6.45, 7) is 3.85. The standard InChI is InChI=1S/C11H18N2O3S/c1-2-15-11(14)16-12-4-8-3-9-6-17-7-13(9)10(8)5-12/h8-10H,2-7H2,1H3. The fraction of sp³-hybridized carbons (Fsp3) is 0.909. The SMILES string of the molecule is CCOC(=O)ON1CC2CC3CSCN3C2C1. The fourth-order valence-corrected chi connectivity index (χ4v) is 4.48. The highest BCUT2D eigenvalue weighted by molar-refractivity contribution is 7.99. The van der Waals surface area contributed by atoms with Crippen molar-refractivity contribution in [3.63, 3.8) is 0 Å². The number of hydrogen-bond donors (Lipinski definition) is 0. The second kappa shape index (κ2) is 4.66. The molecule has 0 bridgehead atoms. The average Bonchev–Trinajstić information content (AvgIpc) is 2.89. The molecule has 0 saturated carbocycles. The number of carbonyl (C=O) groups excluding carboxylic acids is 1. The van der Waals surface area contributed by atoms with E-state index in [1.807, 2.05) is 11.8 Å². The van der Waals surface area contributed by atoms with Crippen molar-refractivity contribution in [1.82, 2.24) is 9.96 Å². The highest BCUT2D eigenvalue weighted by Gasteiger charge is 2.49. The van der Waals surface area contributed by atoms with E-state index >= 15 is 0 Å². The van der Waals surface area contributed by atoms with Crippen molar-refractivity contribution >= 4 is 17.9 Å². The molecule has 0 N–H and O–H groups in total. The van der Waals surface area contributed by atoms with Crippen LogP contribution >= 0.6 is 11.8 Å². The van der Waals surface area contributed by atoms with Crippen molar-refractivity contribution in [2.24, 2.45) is 5.92 Å². The van der Waals surface area contributed by atoms with E-state index in [2.05, 4.69) is 4.90 Å². The Kier molecular flexibility index (Phi) is 3.19. The Hall–Kier alpha value is -0.460.